The molecule has 2 bridgehead atoms. The van der Waals surface area contributed by atoms with Gasteiger partial charge >= 0.3 is 0 Å². The minimum atomic E-state index is 0.133. The number of aromatic amines is 1. The molecular weight excluding hydrogens is 322 g/mol. The van der Waals surface area contributed by atoms with Crippen LogP contribution >= 0.6 is 0 Å². The SMILES string of the molecule is O=C(C1CC2CC1C1CC21)N1CCCC1c1ncc(-c2ccccc2)[nH]1. The van der Waals surface area contributed by atoms with Crippen molar-refractivity contribution < 1.29 is 4.79 Å². The summed E-state index contributed by atoms with van der Waals surface area (Å²) in [6.07, 6.45) is 7.91. The summed E-state index contributed by atoms with van der Waals surface area (Å²) in [5.41, 5.74) is 2.19. The number of nitrogens with one attached hydrogen (secondary N) is 1. The molecule has 26 heavy (non-hydrogen) atoms. The topological polar surface area (TPSA) is 49.0 Å². The molecule has 3 aliphatic carbocycles. The van der Waals surface area contributed by atoms with Crippen LogP contribution in [0.3, 0.4) is 0 Å². The molecule has 4 fully saturated rings. The number of hydrogen-bond acceptors (Lipinski definition) is 2. The van der Waals surface area contributed by atoms with E-state index in [0.717, 1.165) is 60.6 Å². The molecule has 6 unspecified atom stereocenters. The normalized spacial score (nSPS) is 37.2. The molecule has 1 amide bonds. The maximum Gasteiger partial charge on any atom is 0.226 e. The molecule has 1 saturated heterocycles. The Morgan fingerprint density at radius 3 is 2.77 bits per heavy atom. The van der Waals surface area contributed by atoms with Gasteiger partial charge in [-0.3, -0.25) is 4.79 Å². The number of nitrogens with zero attached hydrogens (tertiary/aromatic N) is 2. The quantitative estimate of drug-likeness (QED) is 0.911. The van der Waals surface area contributed by atoms with Crippen molar-refractivity contribution in [2.75, 3.05) is 6.54 Å². The predicted octanol–water partition coefficient (Wildman–Crippen LogP) is 4.03. The molecule has 1 aliphatic heterocycles. The third kappa shape index (κ3) is 2.14. The van der Waals surface area contributed by atoms with Crippen LogP contribution in [0.5, 0.6) is 0 Å². The van der Waals surface area contributed by atoms with Crippen LogP contribution < -0.4 is 0 Å². The Bertz CT molecular complexity index is 844. The summed E-state index contributed by atoms with van der Waals surface area (Å²) in [6.45, 7) is 0.896. The third-order valence-electron chi connectivity index (χ3n) is 7.54. The van der Waals surface area contributed by atoms with Gasteiger partial charge in [0, 0.05) is 12.5 Å². The number of carbonyl (C=O) groups excluding carboxylic acids is 1. The number of rotatable bonds is 3. The van der Waals surface area contributed by atoms with Crippen molar-refractivity contribution in [2.45, 2.75) is 38.1 Å². The monoisotopic (exact) mass is 347 g/mol. The number of H-pyrrole nitrogens is 1. The van der Waals surface area contributed by atoms with Crippen molar-refractivity contribution in [3.8, 4) is 11.3 Å². The average Bonchev–Trinajstić information content (AvgIpc) is 3.14. The van der Waals surface area contributed by atoms with E-state index in [0.29, 0.717) is 17.7 Å². The first-order valence-electron chi connectivity index (χ1n) is 10.2. The first kappa shape index (κ1) is 15.0. The minimum Gasteiger partial charge on any atom is -0.340 e. The van der Waals surface area contributed by atoms with Gasteiger partial charge in [-0.1, -0.05) is 30.3 Å². The average molecular weight is 347 g/mol. The van der Waals surface area contributed by atoms with Gasteiger partial charge in [0.1, 0.15) is 5.82 Å². The Morgan fingerprint density at radius 1 is 1.08 bits per heavy atom. The van der Waals surface area contributed by atoms with Gasteiger partial charge in [-0.25, -0.2) is 4.98 Å². The van der Waals surface area contributed by atoms with Gasteiger partial charge in [-0.2, -0.15) is 0 Å². The fourth-order valence-corrected chi connectivity index (χ4v) is 6.29. The second-order valence-corrected chi connectivity index (χ2v) is 8.80. The highest BCUT2D eigenvalue weighted by atomic mass is 16.2. The zero-order valence-corrected chi connectivity index (χ0v) is 15.0. The number of aromatic nitrogens is 2. The Hall–Kier alpha value is -2.10. The third-order valence-corrected chi connectivity index (χ3v) is 7.54. The summed E-state index contributed by atoms with van der Waals surface area (Å²) in [5.74, 6) is 5.09. The van der Waals surface area contributed by atoms with Crippen molar-refractivity contribution in [2.24, 2.45) is 29.6 Å². The molecular formula is C22H25N3O. The zero-order valence-electron chi connectivity index (χ0n) is 15.0. The Morgan fingerprint density at radius 2 is 1.96 bits per heavy atom. The van der Waals surface area contributed by atoms with E-state index in [4.69, 9.17) is 0 Å². The van der Waals surface area contributed by atoms with Crippen LogP contribution in [0.4, 0.5) is 0 Å². The molecule has 1 N–H and O–H groups in total. The van der Waals surface area contributed by atoms with Gasteiger partial charge < -0.3 is 9.88 Å². The Kier molecular flexibility index (Phi) is 3.14. The molecule has 4 nitrogen and oxygen atoms in total. The lowest BCUT2D eigenvalue weighted by Gasteiger charge is -2.30. The first-order valence-corrected chi connectivity index (χ1v) is 10.2. The van der Waals surface area contributed by atoms with E-state index in [1.807, 2.05) is 24.4 Å². The summed E-state index contributed by atoms with van der Waals surface area (Å²) in [7, 11) is 0. The lowest BCUT2D eigenvalue weighted by atomic mass is 9.87. The summed E-state index contributed by atoms with van der Waals surface area (Å²) in [4.78, 5) is 23.6. The minimum absolute atomic E-state index is 0.133. The van der Waals surface area contributed by atoms with Gasteiger partial charge in [0.15, 0.2) is 0 Å². The van der Waals surface area contributed by atoms with Crippen LogP contribution in [0.1, 0.15) is 44.0 Å². The van der Waals surface area contributed by atoms with Crippen LogP contribution in [0.2, 0.25) is 0 Å². The van der Waals surface area contributed by atoms with Crippen LogP contribution in [0.15, 0.2) is 36.5 Å². The van der Waals surface area contributed by atoms with Crippen LogP contribution in [-0.2, 0) is 4.79 Å². The number of likely N-dealkylation sites (tertiary alicyclic amines) is 1. The molecule has 4 heteroatoms. The lowest BCUT2D eigenvalue weighted by Crippen LogP contribution is -2.38. The highest BCUT2D eigenvalue weighted by molar-refractivity contribution is 5.80. The van der Waals surface area contributed by atoms with Crippen molar-refractivity contribution in [3.05, 3.63) is 42.4 Å². The first-order chi connectivity index (χ1) is 12.8. The lowest BCUT2D eigenvalue weighted by molar-refractivity contribution is -0.138. The molecule has 3 saturated carbocycles. The predicted molar refractivity (Wildman–Crippen MR) is 99.0 cm³/mol. The van der Waals surface area contributed by atoms with E-state index >= 15 is 0 Å². The molecule has 2 heterocycles. The number of hydrogen-bond donors (Lipinski definition) is 1. The molecule has 4 aliphatic rings. The summed E-state index contributed by atoms with van der Waals surface area (Å²) < 4.78 is 0. The number of fused-ring (bicyclic) bond motifs is 5. The molecule has 0 radical (unpaired) electrons. The van der Waals surface area contributed by atoms with Crippen molar-refractivity contribution in [1.29, 1.82) is 0 Å². The maximum atomic E-state index is 13.3. The van der Waals surface area contributed by atoms with Crippen LogP contribution in [0.25, 0.3) is 11.3 Å². The molecule has 134 valence electrons. The van der Waals surface area contributed by atoms with E-state index in [-0.39, 0.29) is 6.04 Å². The van der Waals surface area contributed by atoms with E-state index in [1.54, 1.807) is 0 Å². The van der Waals surface area contributed by atoms with Gasteiger partial charge in [0.2, 0.25) is 5.91 Å². The number of imidazole rings is 1. The molecule has 2 aromatic rings. The maximum absolute atomic E-state index is 13.3. The number of amides is 1. The number of carbonyl (C=O) groups is 1. The van der Waals surface area contributed by atoms with E-state index < -0.39 is 0 Å². The molecule has 6 atom stereocenters. The van der Waals surface area contributed by atoms with Crippen molar-refractivity contribution in [1.82, 2.24) is 14.9 Å². The van der Waals surface area contributed by atoms with Gasteiger partial charge in [-0.15, -0.1) is 0 Å². The fraction of sp³-hybridized carbons (Fsp3) is 0.545. The smallest absolute Gasteiger partial charge is 0.226 e. The highest BCUT2D eigenvalue weighted by Crippen LogP contribution is 2.67. The summed E-state index contributed by atoms with van der Waals surface area (Å²) in [5, 5.41) is 0. The fourth-order valence-electron chi connectivity index (χ4n) is 6.29. The Balaban J connectivity index is 1.24. The van der Waals surface area contributed by atoms with E-state index in [9.17, 15) is 4.79 Å². The largest absolute Gasteiger partial charge is 0.340 e. The Labute approximate surface area is 154 Å². The van der Waals surface area contributed by atoms with Crippen molar-refractivity contribution in [3.63, 3.8) is 0 Å². The van der Waals surface area contributed by atoms with E-state index in [2.05, 4.69) is 27.0 Å². The van der Waals surface area contributed by atoms with Gasteiger partial charge in [0.25, 0.3) is 0 Å². The van der Waals surface area contributed by atoms with Crippen LogP contribution in [-0.4, -0.2) is 27.3 Å². The standard InChI is InChI=1S/C22H25N3O/c26-22(18-10-14-9-16(18)17-11-15(14)17)25-8-4-7-20(25)21-23-12-19(24-21)13-5-2-1-3-6-13/h1-3,5-6,12,14-18,20H,4,7-11H2,(H,23,24). The van der Waals surface area contributed by atoms with Gasteiger partial charge in [0.05, 0.1) is 17.9 Å². The summed E-state index contributed by atoms with van der Waals surface area (Å²) >= 11 is 0. The van der Waals surface area contributed by atoms with Crippen LogP contribution in [0, 0.1) is 29.6 Å². The second kappa shape index (κ2) is 5.45. The van der Waals surface area contributed by atoms with Crippen molar-refractivity contribution >= 4 is 5.91 Å². The zero-order chi connectivity index (χ0) is 17.3. The summed E-state index contributed by atoms with van der Waals surface area (Å²) in [6, 6.07) is 10.4. The molecule has 1 aromatic carbocycles. The molecule has 6 rings (SSSR count). The highest BCUT2D eigenvalue weighted by Gasteiger charge is 2.62. The molecule has 1 aromatic heterocycles. The number of benzene rings is 1. The van der Waals surface area contributed by atoms with Gasteiger partial charge in [-0.05, 0) is 61.3 Å². The molecule has 0 spiro atoms. The van der Waals surface area contributed by atoms with E-state index in [1.165, 1.54) is 12.8 Å². The second-order valence-electron chi connectivity index (χ2n) is 8.80.